The van der Waals surface area contributed by atoms with Crippen LogP contribution in [-0.2, 0) is 27.2 Å². The molecule has 65 valence electrons. The number of carboxylic acid groups (broad SMARTS) is 1. The Hall–Kier alpha value is 0.170. The Labute approximate surface area is 76.5 Å². The molecule has 0 spiro atoms. The van der Waals surface area contributed by atoms with Gasteiger partial charge in [0.25, 0.3) is 0 Å². The number of nitrogens with two attached hydrogens (primary N) is 1. The second-order valence-corrected chi connectivity index (χ2v) is 2.57. The third-order valence-corrected chi connectivity index (χ3v) is 1.04. The summed E-state index contributed by atoms with van der Waals surface area (Å²) in [5.74, 6) is -0.556. The minimum absolute atomic E-state index is 0. The fourth-order valence-electron chi connectivity index (χ4n) is 0.609. The van der Waals surface area contributed by atoms with Gasteiger partial charge in [0.2, 0.25) is 0 Å². The van der Waals surface area contributed by atoms with Crippen molar-refractivity contribution in [3.05, 3.63) is 0 Å². The molecule has 10 heavy (non-hydrogen) atoms. The quantitative estimate of drug-likeness (QED) is 0.739. The van der Waals surface area contributed by atoms with Crippen molar-refractivity contribution in [1.29, 1.82) is 0 Å². The van der Waals surface area contributed by atoms with E-state index >= 15 is 0 Å². The summed E-state index contributed by atoms with van der Waals surface area (Å²) in [7, 11) is 0. The summed E-state index contributed by atoms with van der Waals surface area (Å²) in [6.45, 7) is 3.89. The third-order valence-electron chi connectivity index (χ3n) is 1.04. The molecule has 0 aliphatic rings. The second-order valence-electron chi connectivity index (χ2n) is 2.57. The second kappa shape index (κ2) is 5.92. The van der Waals surface area contributed by atoms with Gasteiger partial charge in [0.15, 0.2) is 0 Å². The first-order valence-corrected chi connectivity index (χ1v) is 3.02. The van der Waals surface area contributed by atoms with Gasteiger partial charge in [-0.3, -0.25) is 4.79 Å². The molecule has 0 saturated heterocycles. The van der Waals surface area contributed by atoms with Gasteiger partial charge in [0.05, 0.1) is 0 Å². The van der Waals surface area contributed by atoms with Crippen LogP contribution >= 0.6 is 0 Å². The molecule has 0 aromatic rings. The molecule has 0 saturated carbocycles. The van der Waals surface area contributed by atoms with E-state index in [-0.39, 0.29) is 22.4 Å². The van der Waals surface area contributed by atoms with E-state index < -0.39 is 12.0 Å². The SMILES string of the molecule is CC(C)CC(N)C(=O)O.[Au]. The van der Waals surface area contributed by atoms with Crippen molar-refractivity contribution in [3.8, 4) is 0 Å². The number of hydrogen-bond acceptors (Lipinski definition) is 2. The Morgan fingerprint density at radius 3 is 2.10 bits per heavy atom. The average molecular weight is 328 g/mol. The van der Waals surface area contributed by atoms with Crippen LogP contribution in [-0.4, -0.2) is 17.1 Å². The number of carboxylic acids is 1. The van der Waals surface area contributed by atoms with Crippen LogP contribution in [0.3, 0.4) is 0 Å². The van der Waals surface area contributed by atoms with E-state index in [0.717, 1.165) is 0 Å². The van der Waals surface area contributed by atoms with Crippen molar-refractivity contribution in [3.63, 3.8) is 0 Å². The molecule has 1 atom stereocenters. The van der Waals surface area contributed by atoms with E-state index in [2.05, 4.69) is 0 Å². The molecule has 0 aromatic carbocycles. The van der Waals surface area contributed by atoms with Gasteiger partial charge in [-0.2, -0.15) is 0 Å². The van der Waals surface area contributed by atoms with Crippen molar-refractivity contribution in [2.24, 2.45) is 11.7 Å². The largest absolute Gasteiger partial charge is 0.480 e. The molecule has 1 unspecified atom stereocenters. The molecule has 0 fully saturated rings. The summed E-state index contributed by atoms with van der Waals surface area (Å²) < 4.78 is 0. The van der Waals surface area contributed by atoms with E-state index in [9.17, 15) is 4.79 Å². The Kier molecular flexibility index (Phi) is 7.58. The van der Waals surface area contributed by atoms with Crippen LogP contribution in [0.15, 0.2) is 0 Å². The molecule has 3 N–H and O–H groups in total. The van der Waals surface area contributed by atoms with Crippen molar-refractivity contribution in [1.82, 2.24) is 0 Å². The first kappa shape index (κ1) is 12.8. The topological polar surface area (TPSA) is 63.3 Å². The predicted molar refractivity (Wildman–Crippen MR) is 35.1 cm³/mol. The summed E-state index contributed by atoms with van der Waals surface area (Å²) in [5.41, 5.74) is 5.22. The van der Waals surface area contributed by atoms with E-state index in [1.807, 2.05) is 13.8 Å². The van der Waals surface area contributed by atoms with Crippen LogP contribution in [0.25, 0.3) is 0 Å². The fourth-order valence-corrected chi connectivity index (χ4v) is 0.609. The van der Waals surface area contributed by atoms with Crippen LogP contribution in [0.4, 0.5) is 0 Å². The van der Waals surface area contributed by atoms with E-state index in [0.29, 0.717) is 12.3 Å². The smallest absolute Gasteiger partial charge is 0.320 e. The van der Waals surface area contributed by atoms with Gasteiger partial charge in [0, 0.05) is 22.4 Å². The van der Waals surface area contributed by atoms with Crippen LogP contribution in [0, 0.1) is 5.92 Å². The number of hydrogen-bond donors (Lipinski definition) is 2. The maximum Gasteiger partial charge on any atom is 0.320 e. The van der Waals surface area contributed by atoms with Crippen LogP contribution in [0.1, 0.15) is 20.3 Å². The molecular weight excluding hydrogens is 315 g/mol. The molecule has 0 aliphatic carbocycles. The summed E-state index contributed by atoms with van der Waals surface area (Å²) >= 11 is 0. The zero-order valence-corrected chi connectivity index (χ0v) is 8.26. The van der Waals surface area contributed by atoms with Crippen molar-refractivity contribution in [2.45, 2.75) is 26.3 Å². The van der Waals surface area contributed by atoms with Gasteiger partial charge >= 0.3 is 5.97 Å². The molecule has 0 bridgehead atoms. The average Bonchev–Trinajstić information content (AvgIpc) is 1.63. The zero-order chi connectivity index (χ0) is 7.44. The van der Waals surface area contributed by atoms with Gasteiger partial charge in [-0.1, -0.05) is 13.8 Å². The normalized spacial score (nSPS) is 12.4. The molecule has 0 rings (SSSR count). The van der Waals surface area contributed by atoms with Crippen LogP contribution in [0.2, 0.25) is 0 Å². The monoisotopic (exact) mass is 328 g/mol. The third kappa shape index (κ3) is 6.29. The Morgan fingerprint density at radius 1 is 1.60 bits per heavy atom. The fraction of sp³-hybridized carbons (Fsp3) is 0.833. The molecule has 0 heterocycles. The van der Waals surface area contributed by atoms with Crippen molar-refractivity contribution in [2.75, 3.05) is 0 Å². The van der Waals surface area contributed by atoms with Crippen molar-refractivity contribution >= 4 is 5.97 Å². The zero-order valence-electron chi connectivity index (χ0n) is 6.10. The van der Waals surface area contributed by atoms with E-state index in [4.69, 9.17) is 10.8 Å². The number of aliphatic carboxylic acids is 1. The molecule has 0 aromatic heterocycles. The summed E-state index contributed by atoms with van der Waals surface area (Å²) in [6.07, 6.45) is 0.551. The van der Waals surface area contributed by atoms with Gasteiger partial charge in [0.1, 0.15) is 6.04 Å². The van der Waals surface area contributed by atoms with Gasteiger partial charge < -0.3 is 10.8 Å². The van der Waals surface area contributed by atoms with E-state index in [1.165, 1.54) is 0 Å². The molecule has 0 amide bonds. The summed E-state index contributed by atoms with van der Waals surface area (Å²) in [4.78, 5) is 10.1. The molecule has 0 aliphatic heterocycles. The minimum atomic E-state index is -0.913. The Morgan fingerprint density at radius 2 is 2.00 bits per heavy atom. The minimum Gasteiger partial charge on any atom is -0.480 e. The Balaban J connectivity index is 0. The van der Waals surface area contributed by atoms with Crippen molar-refractivity contribution < 1.29 is 32.3 Å². The van der Waals surface area contributed by atoms with Crippen LogP contribution in [0.5, 0.6) is 0 Å². The summed E-state index contributed by atoms with van der Waals surface area (Å²) in [6, 6.07) is -0.690. The number of rotatable bonds is 3. The maximum absolute atomic E-state index is 10.1. The molecular formula is C6H13AuNO2. The Bertz CT molecular complexity index is 106. The first-order valence-electron chi connectivity index (χ1n) is 3.02. The molecule has 4 heteroatoms. The van der Waals surface area contributed by atoms with Gasteiger partial charge in [-0.25, -0.2) is 0 Å². The predicted octanol–water partition coefficient (Wildman–Crippen LogP) is 0.442. The van der Waals surface area contributed by atoms with Gasteiger partial charge in [-0.15, -0.1) is 0 Å². The van der Waals surface area contributed by atoms with Gasteiger partial charge in [-0.05, 0) is 12.3 Å². The molecule has 3 nitrogen and oxygen atoms in total. The maximum atomic E-state index is 10.1. The van der Waals surface area contributed by atoms with E-state index in [1.54, 1.807) is 0 Å². The summed E-state index contributed by atoms with van der Waals surface area (Å²) in [5, 5.41) is 8.31. The standard InChI is InChI=1S/C6H13NO2.Au/c1-4(2)3-5(7)6(8)9;/h4-5H,3,7H2,1-2H3,(H,8,9);. The number of carbonyl (C=O) groups is 1. The van der Waals surface area contributed by atoms with Crippen LogP contribution < -0.4 is 5.73 Å². The molecule has 1 radical (unpaired) electrons. The first-order chi connectivity index (χ1) is 4.04.